The van der Waals surface area contributed by atoms with Crippen LogP contribution in [0, 0.1) is 5.92 Å². The number of carbonyl (C=O) groups excluding carboxylic acids is 1. The van der Waals surface area contributed by atoms with Gasteiger partial charge in [0.05, 0.1) is 24.0 Å². The number of nitrogens with one attached hydrogen (secondary N) is 2. The maximum Gasteiger partial charge on any atom is 0.228 e. The van der Waals surface area contributed by atoms with Gasteiger partial charge in [-0.15, -0.1) is 0 Å². The van der Waals surface area contributed by atoms with Gasteiger partial charge in [-0.1, -0.05) is 20.3 Å². The van der Waals surface area contributed by atoms with E-state index in [0.717, 1.165) is 47.4 Å². The predicted octanol–water partition coefficient (Wildman–Crippen LogP) is 4.43. The molecule has 1 atom stereocenters. The number of methoxy groups -OCH3 is 1. The number of amides is 1. The zero-order chi connectivity index (χ0) is 18.7. The third-order valence-electron chi connectivity index (χ3n) is 4.70. The minimum Gasteiger partial charge on any atom is -0.497 e. The number of nitrogens with zero attached hydrogens (tertiary/aromatic N) is 2. The highest BCUT2D eigenvalue weighted by molar-refractivity contribution is 5.92. The van der Waals surface area contributed by atoms with E-state index in [4.69, 9.17) is 4.74 Å². The van der Waals surface area contributed by atoms with Crippen LogP contribution in [0.15, 0.2) is 30.3 Å². The first-order chi connectivity index (χ1) is 12.6. The highest BCUT2D eigenvalue weighted by atomic mass is 16.5. The molecule has 1 amide bonds. The summed E-state index contributed by atoms with van der Waals surface area (Å²) in [6, 6.07) is 10.0. The molecule has 2 heterocycles. The molecule has 2 aromatic heterocycles. The smallest absolute Gasteiger partial charge is 0.228 e. The summed E-state index contributed by atoms with van der Waals surface area (Å²) in [4.78, 5) is 12.2. The molecule has 0 unspecified atom stereocenters. The van der Waals surface area contributed by atoms with Crippen molar-refractivity contribution in [1.82, 2.24) is 14.8 Å². The summed E-state index contributed by atoms with van der Waals surface area (Å²) in [6.07, 6.45) is 1.86. The van der Waals surface area contributed by atoms with Crippen LogP contribution in [0.5, 0.6) is 5.75 Å². The maximum absolute atomic E-state index is 12.2. The Morgan fingerprint density at radius 2 is 2.12 bits per heavy atom. The van der Waals surface area contributed by atoms with Crippen molar-refractivity contribution < 1.29 is 9.53 Å². The van der Waals surface area contributed by atoms with Crippen molar-refractivity contribution in [3.63, 3.8) is 0 Å². The van der Waals surface area contributed by atoms with Crippen molar-refractivity contribution in [3.8, 4) is 17.1 Å². The van der Waals surface area contributed by atoms with E-state index in [1.54, 1.807) is 7.11 Å². The fraction of sp³-hybridized carbons (Fsp3) is 0.400. The summed E-state index contributed by atoms with van der Waals surface area (Å²) in [7, 11) is 1.67. The molecule has 0 saturated heterocycles. The van der Waals surface area contributed by atoms with E-state index >= 15 is 0 Å². The molecular weight excluding hydrogens is 328 g/mol. The number of H-pyrrole nitrogens is 1. The molecule has 3 aromatic rings. The first kappa shape index (κ1) is 18.0. The van der Waals surface area contributed by atoms with Gasteiger partial charge in [0.15, 0.2) is 5.82 Å². The van der Waals surface area contributed by atoms with Gasteiger partial charge < -0.3 is 14.6 Å². The van der Waals surface area contributed by atoms with Crippen LogP contribution in [-0.2, 0) is 11.3 Å². The average Bonchev–Trinajstić information content (AvgIpc) is 3.24. The summed E-state index contributed by atoms with van der Waals surface area (Å²) in [6.45, 7) is 6.94. The minimum atomic E-state index is -0.0188. The number of rotatable bonds is 7. The first-order valence-electron chi connectivity index (χ1n) is 9.11. The molecule has 0 bridgehead atoms. The molecule has 0 fully saturated rings. The van der Waals surface area contributed by atoms with E-state index in [2.05, 4.69) is 46.1 Å². The first-order valence-corrected chi connectivity index (χ1v) is 9.11. The van der Waals surface area contributed by atoms with Gasteiger partial charge in [0.2, 0.25) is 5.91 Å². The molecule has 6 nitrogen and oxygen atoms in total. The fourth-order valence-electron chi connectivity index (χ4n) is 3.26. The zero-order valence-electron chi connectivity index (χ0n) is 15.8. The van der Waals surface area contributed by atoms with E-state index in [9.17, 15) is 4.79 Å². The number of benzene rings is 1. The molecule has 0 radical (unpaired) electrons. The van der Waals surface area contributed by atoms with Gasteiger partial charge >= 0.3 is 0 Å². The lowest BCUT2D eigenvalue weighted by Crippen LogP contribution is -2.20. The summed E-state index contributed by atoms with van der Waals surface area (Å²) >= 11 is 0. The Kier molecular flexibility index (Phi) is 5.30. The lowest BCUT2D eigenvalue weighted by Gasteiger charge is -2.08. The van der Waals surface area contributed by atoms with Crippen LogP contribution in [0.1, 0.15) is 33.6 Å². The van der Waals surface area contributed by atoms with Crippen molar-refractivity contribution in [2.24, 2.45) is 5.92 Å². The van der Waals surface area contributed by atoms with Crippen molar-refractivity contribution in [3.05, 3.63) is 30.3 Å². The monoisotopic (exact) mass is 354 g/mol. The highest BCUT2D eigenvalue weighted by Gasteiger charge is 2.16. The number of ether oxygens (including phenoxy) is 1. The molecule has 0 aliphatic carbocycles. The number of hydrogen-bond donors (Lipinski definition) is 2. The predicted molar refractivity (Wildman–Crippen MR) is 104 cm³/mol. The molecular formula is C20H26N4O2. The summed E-state index contributed by atoms with van der Waals surface area (Å²) in [5, 5.41) is 11.3. The Bertz CT molecular complexity index is 910. The second kappa shape index (κ2) is 7.64. The van der Waals surface area contributed by atoms with Crippen molar-refractivity contribution in [1.29, 1.82) is 0 Å². The maximum atomic E-state index is 12.2. The van der Waals surface area contributed by atoms with Crippen LogP contribution in [0.4, 0.5) is 5.82 Å². The number of aryl methyl sites for hydroxylation is 1. The average molecular weight is 354 g/mol. The van der Waals surface area contributed by atoms with Crippen molar-refractivity contribution >= 4 is 22.6 Å². The number of aromatic amines is 1. The van der Waals surface area contributed by atoms with Gasteiger partial charge in [-0.2, -0.15) is 5.10 Å². The molecule has 138 valence electrons. The quantitative estimate of drug-likeness (QED) is 0.659. The Balaban J connectivity index is 1.90. The zero-order valence-corrected chi connectivity index (χ0v) is 15.8. The molecule has 0 spiro atoms. The SMILES string of the molecule is CCC[C@H](C)C(=O)Nc1cc(-c2cc3ccc(OC)cc3n2CC)[nH]n1. The third kappa shape index (κ3) is 3.45. The summed E-state index contributed by atoms with van der Waals surface area (Å²) in [5.41, 5.74) is 3.02. The number of fused-ring (bicyclic) bond motifs is 1. The number of carbonyl (C=O) groups is 1. The molecule has 0 aliphatic heterocycles. The number of anilines is 1. The van der Waals surface area contributed by atoms with Crippen LogP contribution in [0.25, 0.3) is 22.3 Å². The lowest BCUT2D eigenvalue weighted by atomic mass is 10.1. The Morgan fingerprint density at radius 1 is 1.31 bits per heavy atom. The molecule has 6 heteroatoms. The fourth-order valence-corrected chi connectivity index (χ4v) is 3.26. The minimum absolute atomic E-state index is 0.00525. The lowest BCUT2D eigenvalue weighted by molar-refractivity contribution is -0.119. The van der Waals surface area contributed by atoms with Crippen LogP contribution in [0.3, 0.4) is 0 Å². The Labute approximate surface area is 153 Å². The second-order valence-corrected chi connectivity index (χ2v) is 6.54. The largest absolute Gasteiger partial charge is 0.497 e. The molecule has 0 aliphatic rings. The number of aromatic nitrogens is 3. The summed E-state index contributed by atoms with van der Waals surface area (Å²) in [5.74, 6) is 1.37. The van der Waals surface area contributed by atoms with Crippen LogP contribution < -0.4 is 10.1 Å². The van der Waals surface area contributed by atoms with Crippen molar-refractivity contribution in [2.75, 3.05) is 12.4 Å². The van der Waals surface area contributed by atoms with E-state index in [1.165, 1.54) is 0 Å². The van der Waals surface area contributed by atoms with Crippen molar-refractivity contribution in [2.45, 2.75) is 40.2 Å². The van der Waals surface area contributed by atoms with E-state index in [0.29, 0.717) is 5.82 Å². The van der Waals surface area contributed by atoms with Crippen LogP contribution in [0.2, 0.25) is 0 Å². The highest BCUT2D eigenvalue weighted by Crippen LogP contribution is 2.30. The van der Waals surface area contributed by atoms with E-state index in [1.807, 2.05) is 25.1 Å². The second-order valence-electron chi connectivity index (χ2n) is 6.54. The van der Waals surface area contributed by atoms with Gasteiger partial charge in [-0.25, -0.2) is 0 Å². The van der Waals surface area contributed by atoms with Gasteiger partial charge in [-0.05, 0) is 31.5 Å². The van der Waals surface area contributed by atoms with E-state index in [-0.39, 0.29) is 11.8 Å². The molecule has 0 saturated carbocycles. The van der Waals surface area contributed by atoms with Gasteiger partial charge in [0.25, 0.3) is 0 Å². The Morgan fingerprint density at radius 3 is 2.81 bits per heavy atom. The third-order valence-corrected chi connectivity index (χ3v) is 4.70. The normalized spacial score (nSPS) is 12.3. The standard InChI is InChI=1S/C20H26N4O2/c1-5-7-13(3)20(25)21-19-12-16(22-23-19)18-10-14-8-9-15(26-4)11-17(14)24(18)6-2/h8-13H,5-7H2,1-4H3,(H2,21,22,23,25)/t13-/m0/s1. The van der Waals surface area contributed by atoms with E-state index < -0.39 is 0 Å². The van der Waals surface area contributed by atoms with Gasteiger partial charge in [-0.3, -0.25) is 9.89 Å². The molecule has 1 aromatic carbocycles. The van der Waals surface area contributed by atoms with Gasteiger partial charge in [0, 0.05) is 30.0 Å². The van der Waals surface area contributed by atoms with Gasteiger partial charge in [0.1, 0.15) is 5.75 Å². The van der Waals surface area contributed by atoms with Crippen LogP contribution >= 0.6 is 0 Å². The molecule has 26 heavy (non-hydrogen) atoms. The summed E-state index contributed by atoms with van der Waals surface area (Å²) < 4.78 is 7.55. The van der Waals surface area contributed by atoms with Crippen LogP contribution in [-0.4, -0.2) is 27.8 Å². The Hall–Kier alpha value is -2.76. The topological polar surface area (TPSA) is 71.9 Å². The molecule has 2 N–H and O–H groups in total. The number of hydrogen-bond acceptors (Lipinski definition) is 3. The molecule has 3 rings (SSSR count).